The molecule has 0 aromatic carbocycles. The third kappa shape index (κ3) is 3.82. The van der Waals surface area contributed by atoms with Crippen LogP contribution in [0.25, 0.3) is 0 Å². The Morgan fingerprint density at radius 1 is 1.45 bits per heavy atom. The predicted molar refractivity (Wildman–Crippen MR) is 80.0 cm³/mol. The Morgan fingerprint density at radius 2 is 2.15 bits per heavy atom. The zero-order valence-electron chi connectivity index (χ0n) is 12.5. The first kappa shape index (κ1) is 15.0. The molecule has 0 bridgehead atoms. The number of rotatable bonds is 5. The summed E-state index contributed by atoms with van der Waals surface area (Å²) in [5.74, 6) is 0.767. The lowest BCUT2D eigenvalue weighted by molar-refractivity contribution is 0.137. The predicted octanol–water partition coefficient (Wildman–Crippen LogP) is 1.64. The second-order valence-corrected chi connectivity index (χ2v) is 5.85. The quantitative estimate of drug-likeness (QED) is 0.890. The Hall–Kier alpha value is -1.36. The second kappa shape index (κ2) is 6.88. The standard InChI is InChI=1S/C15H25N3O2/c1-3-4-14(19)11-18-15(20)9-13(10-16-18)17-7-5-12(2)6-8-17/h9-10,12,14,19H,3-8,11H2,1-2H3. The first-order valence-electron chi connectivity index (χ1n) is 7.60. The van der Waals surface area contributed by atoms with Crippen LogP contribution in [0, 0.1) is 5.92 Å². The van der Waals surface area contributed by atoms with Crippen LogP contribution in [0.2, 0.25) is 0 Å². The summed E-state index contributed by atoms with van der Waals surface area (Å²) < 4.78 is 1.36. The van der Waals surface area contributed by atoms with E-state index in [9.17, 15) is 9.90 Å². The summed E-state index contributed by atoms with van der Waals surface area (Å²) in [6, 6.07) is 1.64. The van der Waals surface area contributed by atoms with Gasteiger partial charge in [0.15, 0.2) is 0 Å². The fourth-order valence-corrected chi connectivity index (χ4v) is 2.63. The fourth-order valence-electron chi connectivity index (χ4n) is 2.63. The normalized spacial score (nSPS) is 18.2. The first-order valence-corrected chi connectivity index (χ1v) is 7.60. The molecule has 20 heavy (non-hydrogen) atoms. The molecule has 1 N–H and O–H groups in total. The Bertz CT molecular complexity index is 478. The van der Waals surface area contributed by atoms with Gasteiger partial charge in [-0.1, -0.05) is 20.3 Å². The largest absolute Gasteiger partial charge is 0.391 e. The molecular weight excluding hydrogens is 254 g/mol. The minimum Gasteiger partial charge on any atom is -0.391 e. The van der Waals surface area contributed by atoms with Crippen molar-refractivity contribution in [2.75, 3.05) is 18.0 Å². The molecule has 1 unspecified atom stereocenters. The highest BCUT2D eigenvalue weighted by atomic mass is 16.3. The summed E-state index contributed by atoms with van der Waals surface area (Å²) in [7, 11) is 0. The maximum absolute atomic E-state index is 12.0. The van der Waals surface area contributed by atoms with E-state index in [-0.39, 0.29) is 12.1 Å². The molecule has 1 fully saturated rings. The number of nitrogens with zero attached hydrogens (tertiary/aromatic N) is 3. The van der Waals surface area contributed by atoms with E-state index in [2.05, 4.69) is 16.9 Å². The lowest BCUT2D eigenvalue weighted by atomic mass is 9.99. The Morgan fingerprint density at radius 3 is 2.75 bits per heavy atom. The van der Waals surface area contributed by atoms with Gasteiger partial charge >= 0.3 is 0 Å². The minimum absolute atomic E-state index is 0.128. The van der Waals surface area contributed by atoms with E-state index in [1.165, 1.54) is 4.68 Å². The van der Waals surface area contributed by atoms with E-state index >= 15 is 0 Å². The monoisotopic (exact) mass is 279 g/mol. The van der Waals surface area contributed by atoms with Crippen LogP contribution in [0.1, 0.15) is 39.5 Å². The fraction of sp³-hybridized carbons (Fsp3) is 0.733. The van der Waals surface area contributed by atoms with Gasteiger partial charge in [0.2, 0.25) is 0 Å². The van der Waals surface area contributed by atoms with Gasteiger partial charge in [0, 0.05) is 19.2 Å². The highest BCUT2D eigenvalue weighted by Gasteiger charge is 2.17. The van der Waals surface area contributed by atoms with Gasteiger partial charge in [0.25, 0.3) is 5.56 Å². The van der Waals surface area contributed by atoms with Crippen molar-refractivity contribution in [1.29, 1.82) is 0 Å². The van der Waals surface area contributed by atoms with Crippen LogP contribution in [0.5, 0.6) is 0 Å². The average Bonchev–Trinajstić information content (AvgIpc) is 2.42. The van der Waals surface area contributed by atoms with Crippen LogP contribution < -0.4 is 10.5 Å². The molecule has 2 heterocycles. The van der Waals surface area contributed by atoms with Crippen molar-refractivity contribution < 1.29 is 5.11 Å². The highest BCUT2D eigenvalue weighted by Crippen LogP contribution is 2.20. The van der Waals surface area contributed by atoms with E-state index in [0.29, 0.717) is 6.42 Å². The van der Waals surface area contributed by atoms with Gasteiger partial charge in [-0.05, 0) is 25.2 Å². The van der Waals surface area contributed by atoms with E-state index in [1.807, 2.05) is 6.92 Å². The molecule has 0 spiro atoms. The smallest absolute Gasteiger partial charge is 0.268 e. The van der Waals surface area contributed by atoms with Gasteiger partial charge in [-0.2, -0.15) is 5.10 Å². The van der Waals surface area contributed by atoms with Crippen molar-refractivity contribution in [3.05, 3.63) is 22.6 Å². The Labute approximate surface area is 120 Å². The van der Waals surface area contributed by atoms with E-state index in [1.54, 1.807) is 12.3 Å². The molecule has 0 amide bonds. The van der Waals surface area contributed by atoms with Crippen LogP contribution in [0.15, 0.2) is 17.1 Å². The minimum atomic E-state index is -0.494. The lowest BCUT2D eigenvalue weighted by Crippen LogP contribution is -2.35. The zero-order chi connectivity index (χ0) is 14.5. The van der Waals surface area contributed by atoms with Crippen LogP contribution in [0.4, 0.5) is 5.69 Å². The molecule has 1 aromatic heterocycles. The van der Waals surface area contributed by atoms with Gasteiger partial charge in [-0.3, -0.25) is 4.79 Å². The maximum atomic E-state index is 12.0. The molecule has 5 heteroatoms. The SMILES string of the molecule is CCCC(O)Cn1ncc(N2CCC(C)CC2)cc1=O. The molecule has 1 saturated heterocycles. The number of aromatic nitrogens is 2. The molecule has 1 atom stereocenters. The molecule has 5 nitrogen and oxygen atoms in total. The maximum Gasteiger partial charge on any atom is 0.268 e. The summed E-state index contributed by atoms with van der Waals surface area (Å²) >= 11 is 0. The van der Waals surface area contributed by atoms with Crippen molar-refractivity contribution >= 4 is 5.69 Å². The second-order valence-electron chi connectivity index (χ2n) is 5.85. The molecular formula is C15H25N3O2. The van der Waals surface area contributed by atoms with Crippen LogP contribution in [-0.2, 0) is 6.54 Å². The molecule has 2 rings (SSSR count). The highest BCUT2D eigenvalue weighted by molar-refractivity contribution is 5.43. The summed E-state index contributed by atoms with van der Waals surface area (Å²) in [6.45, 7) is 6.54. The Balaban J connectivity index is 2.04. The molecule has 0 aliphatic carbocycles. The van der Waals surface area contributed by atoms with Crippen molar-refractivity contribution in [2.45, 2.75) is 52.2 Å². The molecule has 112 valence electrons. The van der Waals surface area contributed by atoms with Crippen molar-refractivity contribution in [3.8, 4) is 0 Å². The number of aliphatic hydroxyl groups excluding tert-OH is 1. The van der Waals surface area contributed by atoms with Crippen LogP contribution in [0.3, 0.4) is 0 Å². The summed E-state index contributed by atoms with van der Waals surface area (Å²) in [6.07, 6.45) is 5.18. The third-order valence-corrected chi connectivity index (χ3v) is 4.01. The average molecular weight is 279 g/mol. The number of hydrogen-bond donors (Lipinski definition) is 1. The van der Waals surface area contributed by atoms with Crippen molar-refractivity contribution in [3.63, 3.8) is 0 Å². The summed E-state index contributed by atoms with van der Waals surface area (Å²) in [4.78, 5) is 14.3. The van der Waals surface area contributed by atoms with Gasteiger partial charge in [-0.25, -0.2) is 4.68 Å². The van der Waals surface area contributed by atoms with Gasteiger partial charge in [-0.15, -0.1) is 0 Å². The van der Waals surface area contributed by atoms with Gasteiger partial charge in [0.1, 0.15) is 0 Å². The first-order chi connectivity index (χ1) is 9.60. The van der Waals surface area contributed by atoms with E-state index in [4.69, 9.17) is 0 Å². The number of hydrogen-bond acceptors (Lipinski definition) is 4. The number of anilines is 1. The number of piperidine rings is 1. The molecule has 1 aromatic rings. The number of aliphatic hydroxyl groups is 1. The van der Waals surface area contributed by atoms with Gasteiger partial charge < -0.3 is 10.0 Å². The molecule has 0 radical (unpaired) electrons. The van der Waals surface area contributed by atoms with Crippen LogP contribution >= 0.6 is 0 Å². The van der Waals surface area contributed by atoms with E-state index in [0.717, 1.165) is 44.0 Å². The summed E-state index contributed by atoms with van der Waals surface area (Å²) in [5.41, 5.74) is 0.777. The zero-order valence-corrected chi connectivity index (χ0v) is 12.5. The van der Waals surface area contributed by atoms with Crippen molar-refractivity contribution in [2.24, 2.45) is 5.92 Å². The Kier molecular flexibility index (Phi) is 5.17. The topological polar surface area (TPSA) is 58.4 Å². The summed E-state index contributed by atoms with van der Waals surface area (Å²) in [5, 5.41) is 14.0. The molecule has 1 aliphatic heterocycles. The van der Waals surface area contributed by atoms with Crippen LogP contribution in [-0.4, -0.2) is 34.1 Å². The van der Waals surface area contributed by atoms with Gasteiger partial charge in [0.05, 0.1) is 24.5 Å². The van der Waals surface area contributed by atoms with E-state index < -0.39 is 6.10 Å². The molecule has 1 aliphatic rings. The third-order valence-electron chi connectivity index (χ3n) is 4.01. The van der Waals surface area contributed by atoms with Crippen molar-refractivity contribution in [1.82, 2.24) is 9.78 Å². The molecule has 0 saturated carbocycles. The lowest BCUT2D eigenvalue weighted by Gasteiger charge is -2.31.